The van der Waals surface area contributed by atoms with Gasteiger partial charge in [-0.25, -0.2) is 0 Å². The fourth-order valence-corrected chi connectivity index (χ4v) is 9.33. The average molecular weight is 1280 g/mol. The Bertz CT molecular complexity index is 2090. The first-order valence-corrected chi connectivity index (χ1v) is 32.9. The van der Waals surface area contributed by atoms with Gasteiger partial charge in [0, 0.05) is 71.2 Å². The van der Waals surface area contributed by atoms with E-state index in [1.54, 1.807) is 0 Å². The van der Waals surface area contributed by atoms with Crippen molar-refractivity contribution < 1.29 is 57.5 Å². The van der Waals surface area contributed by atoms with Crippen LogP contribution in [0.25, 0.3) is 0 Å². The van der Waals surface area contributed by atoms with Crippen molar-refractivity contribution in [1.29, 1.82) is 0 Å². The van der Waals surface area contributed by atoms with Crippen molar-refractivity contribution in [3.63, 3.8) is 0 Å². The standard InChI is InChI=1S/C60H116N18O12/c1-2-20-49(79)74-44(22-4-10-33-62)56(86)68-39-16-28-51(81)76-46(24-6-12-35-64)58(88)70-41-18-30-53(83)78-48(26-8-14-37-66)60(90)72-42-19-31-54(84)77-47(25-7-13-36-65)59(89)71-40-17-29-52(82)75-45(23-5-11-34-63)57(87)69-38-15-27-50(80)73-43(55(67)85)21-3-9-32-61/h43-48H,2-42,61-66H2,1H3,(H2,67,85)(H,68,86)(H,69,87)(H,70,88)(H,71,89)(H,72,90)(H,73,80)(H,74,79)(H,75,82)(H,76,81)(H,77,84)(H,78,83)/t43-,44-,45-,46-,47-,48-/m0/s1. The molecule has 6 atom stereocenters. The topological polar surface area (TPSA) is 519 Å². The molecule has 0 aromatic carbocycles. The molecule has 25 N–H and O–H groups in total. The summed E-state index contributed by atoms with van der Waals surface area (Å²) in [4.78, 5) is 155. The van der Waals surface area contributed by atoms with Crippen LogP contribution in [-0.4, -0.2) is 179 Å². The minimum atomic E-state index is -0.896. The molecule has 0 aliphatic rings. The molecular weight excluding hydrogens is 1160 g/mol. The summed E-state index contributed by atoms with van der Waals surface area (Å²) in [5, 5.41) is 30.4. The average Bonchev–Trinajstić information content (AvgIpc) is 3.53. The van der Waals surface area contributed by atoms with E-state index in [4.69, 9.17) is 40.1 Å². The Balaban J connectivity index is 5.18. The first-order chi connectivity index (χ1) is 43.3. The van der Waals surface area contributed by atoms with Crippen molar-refractivity contribution in [3.8, 4) is 0 Å². The van der Waals surface area contributed by atoms with Gasteiger partial charge in [0.25, 0.3) is 0 Å². The van der Waals surface area contributed by atoms with Gasteiger partial charge in [0.15, 0.2) is 0 Å². The number of hydrogen-bond acceptors (Lipinski definition) is 18. The van der Waals surface area contributed by atoms with E-state index in [1.807, 2.05) is 6.92 Å². The second-order valence-electron chi connectivity index (χ2n) is 22.6. The Hall–Kier alpha value is -6.60. The van der Waals surface area contributed by atoms with Crippen LogP contribution in [0.2, 0.25) is 0 Å². The predicted octanol–water partition coefficient (Wildman–Crippen LogP) is -2.56. The quantitative estimate of drug-likeness (QED) is 0.0279. The molecule has 0 heterocycles. The van der Waals surface area contributed by atoms with Crippen LogP contribution in [0, 0.1) is 0 Å². The summed E-state index contributed by atoms with van der Waals surface area (Å²) in [6.45, 7) is 5.01. The lowest BCUT2D eigenvalue weighted by atomic mass is 10.1. The van der Waals surface area contributed by atoms with Crippen molar-refractivity contribution in [1.82, 2.24) is 58.5 Å². The number of primary amides is 1. The minimum Gasteiger partial charge on any atom is -0.368 e. The molecule has 518 valence electrons. The molecule has 0 radical (unpaired) electrons. The fourth-order valence-electron chi connectivity index (χ4n) is 9.33. The van der Waals surface area contributed by atoms with E-state index < -0.39 is 83.5 Å². The number of nitrogens with two attached hydrogens (primary N) is 7. The Labute approximate surface area is 533 Å². The van der Waals surface area contributed by atoms with Gasteiger partial charge in [-0.2, -0.15) is 0 Å². The zero-order valence-electron chi connectivity index (χ0n) is 53.9. The van der Waals surface area contributed by atoms with Gasteiger partial charge in [0.05, 0.1) is 0 Å². The molecule has 0 unspecified atom stereocenters. The lowest BCUT2D eigenvalue weighted by Crippen LogP contribution is -2.48. The summed E-state index contributed by atoms with van der Waals surface area (Å²) >= 11 is 0. The largest absolute Gasteiger partial charge is 0.368 e. The van der Waals surface area contributed by atoms with Crippen LogP contribution >= 0.6 is 0 Å². The van der Waals surface area contributed by atoms with Crippen molar-refractivity contribution in [2.45, 2.75) is 236 Å². The second kappa shape index (κ2) is 55.3. The lowest BCUT2D eigenvalue weighted by molar-refractivity contribution is -0.130. The SMILES string of the molecule is CCCC(=O)N[C@@H](CCCCN)C(=O)NCCCC(=O)N[C@@H](CCCCN)C(=O)NCCCC(=O)N[C@@H](CCCCN)C(=O)NCCCC(=O)N[C@@H](CCCCN)C(=O)NCCCC(=O)N[C@@H](CCCCN)C(=O)NCCCC(=O)N[C@@H](CCCCN)C(N)=O. The van der Waals surface area contributed by atoms with E-state index in [1.165, 1.54) is 0 Å². The molecule has 0 spiro atoms. The molecule has 30 nitrogen and oxygen atoms in total. The van der Waals surface area contributed by atoms with Gasteiger partial charge < -0.3 is 98.6 Å². The van der Waals surface area contributed by atoms with E-state index in [0.717, 1.165) is 0 Å². The van der Waals surface area contributed by atoms with Gasteiger partial charge in [-0.05, 0) is 193 Å². The predicted molar refractivity (Wildman–Crippen MR) is 344 cm³/mol. The summed E-state index contributed by atoms with van der Waals surface area (Å²) in [6, 6.07) is -5.03. The van der Waals surface area contributed by atoms with Crippen LogP contribution in [-0.2, 0) is 57.5 Å². The van der Waals surface area contributed by atoms with Crippen molar-refractivity contribution >= 4 is 70.9 Å². The third kappa shape index (κ3) is 44.0. The number of hydrogen-bond donors (Lipinski definition) is 18. The summed E-state index contributed by atoms with van der Waals surface area (Å²) in [5.41, 5.74) is 39.3. The van der Waals surface area contributed by atoms with Gasteiger partial charge in [0.2, 0.25) is 70.9 Å². The number of carbonyl (C=O) groups is 12. The summed E-state index contributed by atoms with van der Waals surface area (Å²) < 4.78 is 0. The van der Waals surface area contributed by atoms with Crippen LogP contribution in [0.15, 0.2) is 0 Å². The third-order valence-electron chi connectivity index (χ3n) is 14.5. The molecule has 0 aliphatic heterocycles. The highest BCUT2D eigenvalue weighted by atomic mass is 16.2. The molecule has 30 heteroatoms. The highest BCUT2D eigenvalue weighted by molar-refractivity contribution is 5.91. The van der Waals surface area contributed by atoms with Crippen molar-refractivity contribution in [3.05, 3.63) is 0 Å². The zero-order chi connectivity index (χ0) is 67.2. The summed E-state index contributed by atoms with van der Waals surface area (Å²) in [5.74, 6) is -4.99. The van der Waals surface area contributed by atoms with Crippen LogP contribution < -0.4 is 98.6 Å². The Kier molecular flexibility index (Phi) is 51.2. The minimum absolute atomic E-state index is 0.0157. The molecule has 0 aromatic heterocycles. The highest BCUT2D eigenvalue weighted by Gasteiger charge is 2.26. The van der Waals surface area contributed by atoms with E-state index in [9.17, 15) is 57.5 Å². The number of rotatable bonds is 58. The van der Waals surface area contributed by atoms with Gasteiger partial charge in [-0.15, -0.1) is 0 Å². The van der Waals surface area contributed by atoms with Crippen LogP contribution in [0.3, 0.4) is 0 Å². The first-order valence-electron chi connectivity index (χ1n) is 32.9. The summed E-state index contributed by atoms with van der Waals surface area (Å²) in [6.07, 6.45) is 11.7. The maximum atomic E-state index is 13.4. The van der Waals surface area contributed by atoms with Gasteiger partial charge in [-0.1, -0.05) is 6.92 Å². The number of carbonyl (C=O) groups excluding carboxylic acids is 12. The van der Waals surface area contributed by atoms with E-state index in [-0.39, 0.29) is 114 Å². The molecule has 0 saturated heterocycles. The number of amides is 12. The monoisotopic (exact) mass is 1280 g/mol. The van der Waals surface area contributed by atoms with Crippen LogP contribution in [0.4, 0.5) is 0 Å². The Morgan fingerprint density at radius 2 is 0.433 bits per heavy atom. The highest BCUT2D eigenvalue weighted by Crippen LogP contribution is 2.09. The van der Waals surface area contributed by atoms with Crippen LogP contribution in [0.1, 0.15) is 200 Å². The smallest absolute Gasteiger partial charge is 0.242 e. The van der Waals surface area contributed by atoms with E-state index in [0.29, 0.717) is 174 Å². The molecule has 0 bridgehead atoms. The first kappa shape index (κ1) is 83.4. The molecule has 0 saturated carbocycles. The maximum absolute atomic E-state index is 13.4. The Morgan fingerprint density at radius 3 is 0.611 bits per heavy atom. The normalized spacial score (nSPS) is 13.0. The maximum Gasteiger partial charge on any atom is 0.242 e. The number of nitrogens with one attached hydrogen (secondary N) is 11. The second-order valence-corrected chi connectivity index (χ2v) is 22.6. The third-order valence-corrected chi connectivity index (χ3v) is 14.5. The number of unbranched alkanes of at least 4 members (excludes halogenated alkanes) is 6. The van der Waals surface area contributed by atoms with Gasteiger partial charge in [-0.3, -0.25) is 57.5 Å². The molecule has 12 amide bonds. The van der Waals surface area contributed by atoms with E-state index >= 15 is 0 Å². The zero-order valence-corrected chi connectivity index (χ0v) is 53.9. The summed E-state index contributed by atoms with van der Waals surface area (Å²) in [7, 11) is 0. The molecular formula is C60H116N18O12. The molecule has 0 aromatic rings. The lowest BCUT2D eigenvalue weighted by Gasteiger charge is -2.20. The molecule has 0 aliphatic carbocycles. The van der Waals surface area contributed by atoms with Crippen molar-refractivity contribution in [2.24, 2.45) is 40.1 Å². The molecule has 0 rings (SSSR count). The molecule has 90 heavy (non-hydrogen) atoms. The van der Waals surface area contributed by atoms with Gasteiger partial charge in [0.1, 0.15) is 36.3 Å². The van der Waals surface area contributed by atoms with E-state index in [2.05, 4.69) is 58.5 Å². The van der Waals surface area contributed by atoms with Gasteiger partial charge >= 0.3 is 0 Å². The van der Waals surface area contributed by atoms with Crippen molar-refractivity contribution in [2.75, 3.05) is 72.0 Å². The Morgan fingerprint density at radius 1 is 0.256 bits per heavy atom. The van der Waals surface area contributed by atoms with Crippen LogP contribution in [0.5, 0.6) is 0 Å². The fraction of sp³-hybridized carbons (Fsp3) is 0.800. The molecule has 0 fully saturated rings.